The van der Waals surface area contributed by atoms with Gasteiger partial charge in [0.2, 0.25) is 0 Å². The van der Waals surface area contributed by atoms with Crippen LogP contribution in [0.3, 0.4) is 0 Å². The van der Waals surface area contributed by atoms with Crippen LogP contribution in [0.5, 0.6) is 5.75 Å². The Hall–Kier alpha value is -1.49. The molecule has 6 heteroatoms. The number of carbonyl (C=O) groups is 1. The summed E-state index contributed by atoms with van der Waals surface area (Å²) in [6, 6.07) is 2.50. The first-order valence-electron chi connectivity index (χ1n) is 7.20. The second-order valence-electron chi connectivity index (χ2n) is 6.79. The highest BCUT2D eigenvalue weighted by atomic mass is 35.5. The lowest BCUT2D eigenvalue weighted by atomic mass is 10.1. The number of hydrogen-bond donors (Lipinski definition) is 1. The molecule has 0 aliphatic heterocycles. The van der Waals surface area contributed by atoms with Crippen molar-refractivity contribution in [2.45, 2.75) is 38.7 Å². The number of ether oxygens (including phenoxy) is 1. The predicted molar refractivity (Wildman–Crippen MR) is 82.8 cm³/mol. The molecule has 1 aromatic rings. The number of amides is 1. The SMILES string of the molecule is CN(CC1CC1c1cc(Cl)c(F)cc1O)C(=O)OC(C)(C)C. The molecule has 0 aromatic heterocycles. The van der Waals surface area contributed by atoms with Crippen molar-refractivity contribution in [1.82, 2.24) is 4.90 Å². The highest BCUT2D eigenvalue weighted by Crippen LogP contribution is 2.51. The number of phenolic OH excluding ortho intramolecular Hbond substituents is 1. The van der Waals surface area contributed by atoms with Gasteiger partial charge < -0.3 is 14.7 Å². The molecule has 0 heterocycles. The molecule has 0 saturated heterocycles. The number of carbonyl (C=O) groups excluding carboxylic acids is 1. The number of aromatic hydroxyl groups is 1. The Morgan fingerprint density at radius 3 is 2.73 bits per heavy atom. The van der Waals surface area contributed by atoms with Crippen LogP contribution in [0.25, 0.3) is 0 Å². The second-order valence-corrected chi connectivity index (χ2v) is 7.20. The summed E-state index contributed by atoms with van der Waals surface area (Å²) >= 11 is 5.76. The van der Waals surface area contributed by atoms with E-state index in [1.54, 1.807) is 7.05 Å². The van der Waals surface area contributed by atoms with E-state index in [4.69, 9.17) is 16.3 Å². The quantitative estimate of drug-likeness (QED) is 0.906. The van der Waals surface area contributed by atoms with Gasteiger partial charge in [-0.05, 0) is 50.7 Å². The van der Waals surface area contributed by atoms with Gasteiger partial charge in [-0.3, -0.25) is 0 Å². The third-order valence-corrected chi connectivity index (χ3v) is 3.89. The summed E-state index contributed by atoms with van der Waals surface area (Å²) in [5, 5.41) is 9.84. The zero-order valence-corrected chi connectivity index (χ0v) is 13.9. The fourth-order valence-electron chi connectivity index (χ4n) is 2.45. The number of hydrogen-bond acceptors (Lipinski definition) is 3. The van der Waals surface area contributed by atoms with E-state index in [1.165, 1.54) is 11.0 Å². The van der Waals surface area contributed by atoms with E-state index in [1.807, 2.05) is 20.8 Å². The molecule has 1 N–H and O–H groups in total. The highest BCUT2D eigenvalue weighted by Gasteiger charge is 2.41. The maximum Gasteiger partial charge on any atom is 0.410 e. The second kappa shape index (κ2) is 5.95. The minimum atomic E-state index is -0.633. The zero-order valence-electron chi connectivity index (χ0n) is 13.2. The minimum Gasteiger partial charge on any atom is -0.508 e. The average molecular weight is 330 g/mol. The van der Waals surface area contributed by atoms with Crippen LogP contribution in [0.15, 0.2) is 12.1 Å². The molecule has 22 heavy (non-hydrogen) atoms. The van der Waals surface area contributed by atoms with Gasteiger partial charge in [0.05, 0.1) is 5.02 Å². The first kappa shape index (κ1) is 16.9. The Bertz CT molecular complexity index is 585. The Labute approximate surface area is 134 Å². The Morgan fingerprint density at radius 2 is 2.14 bits per heavy atom. The maximum atomic E-state index is 13.3. The fourth-order valence-corrected chi connectivity index (χ4v) is 2.62. The molecule has 2 unspecified atom stereocenters. The predicted octanol–water partition coefficient (Wildman–Crippen LogP) is 4.16. The van der Waals surface area contributed by atoms with Gasteiger partial charge in [-0.15, -0.1) is 0 Å². The smallest absolute Gasteiger partial charge is 0.410 e. The minimum absolute atomic E-state index is 0.000975. The van der Waals surface area contributed by atoms with E-state index in [0.717, 1.165) is 12.5 Å². The van der Waals surface area contributed by atoms with Crippen LogP contribution in [0, 0.1) is 11.7 Å². The van der Waals surface area contributed by atoms with E-state index >= 15 is 0 Å². The van der Waals surface area contributed by atoms with Crippen molar-refractivity contribution >= 4 is 17.7 Å². The highest BCUT2D eigenvalue weighted by molar-refractivity contribution is 6.30. The summed E-state index contributed by atoms with van der Waals surface area (Å²) < 4.78 is 18.5. The first-order valence-corrected chi connectivity index (χ1v) is 7.58. The van der Waals surface area contributed by atoms with E-state index in [0.29, 0.717) is 12.1 Å². The third kappa shape index (κ3) is 4.03. The van der Waals surface area contributed by atoms with Gasteiger partial charge in [-0.25, -0.2) is 9.18 Å². The molecule has 1 fully saturated rings. The summed E-state index contributed by atoms with van der Waals surface area (Å²) in [6.07, 6.45) is 0.447. The van der Waals surface area contributed by atoms with Crippen LogP contribution in [-0.2, 0) is 4.74 Å². The fraction of sp³-hybridized carbons (Fsp3) is 0.562. The van der Waals surface area contributed by atoms with E-state index < -0.39 is 11.4 Å². The van der Waals surface area contributed by atoms with Crippen LogP contribution in [-0.4, -0.2) is 35.3 Å². The molecule has 122 valence electrons. The van der Waals surface area contributed by atoms with Crippen molar-refractivity contribution in [3.05, 3.63) is 28.5 Å². The lowest BCUT2D eigenvalue weighted by Gasteiger charge is -2.24. The topological polar surface area (TPSA) is 49.8 Å². The summed E-state index contributed by atoms with van der Waals surface area (Å²) in [5.74, 6) is -0.423. The lowest BCUT2D eigenvalue weighted by Crippen LogP contribution is -2.35. The van der Waals surface area contributed by atoms with E-state index in [-0.39, 0.29) is 28.7 Å². The van der Waals surface area contributed by atoms with Gasteiger partial charge in [0, 0.05) is 19.7 Å². The van der Waals surface area contributed by atoms with Crippen LogP contribution in [0.1, 0.15) is 38.7 Å². The van der Waals surface area contributed by atoms with Crippen molar-refractivity contribution < 1.29 is 19.0 Å². The monoisotopic (exact) mass is 329 g/mol. The molecular weight excluding hydrogens is 309 g/mol. The average Bonchev–Trinajstić information content (AvgIpc) is 3.10. The molecule has 1 aliphatic rings. The van der Waals surface area contributed by atoms with Gasteiger partial charge in [-0.2, -0.15) is 0 Å². The molecule has 4 nitrogen and oxygen atoms in total. The molecule has 0 radical (unpaired) electrons. The van der Waals surface area contributed by atoms with Crippen molar-refractivity contribution in [2.75, 3.05) is 13.6 Å². The largest absolute Gasteiger partial charge is 0.508 e. The molecule has 1 saturated carbocycles. The number of benzene rings is 1. The molecule has 0 spiro atoms. The normalized spacial score (nSPS) is 20.6. The van der Waals surface area contributed by atoms with Gasteiger partial charge in [0.1, 0.15) is 17.2 Å². The van der Waals surface area contributed by atoms with Crippen molar-refractivity contribution in [3.8, 4) is 5.75 Å². The maximum absolute atomic E-state index is 13.3. The zero-order chi connectivity index (χ0) is 16.7. The van der Waals surface area contributed by atoms with Crippen LogP contribution in [0.2, 0.25) is 5.02 Å². The summed E-state index contributed by atoms with van der Waals surface area (Å²) in [5.41, 5.74) is 0.103. The van der Waals surface area contributed by atoms with E-state index in [2.05, 4.69) is 0 Å². The number of rotatable bonds is 3. The molecule has 2 atom stereocenters. The van der Waals surface area contributed by atoms with Crippen LogP contribution in [0.4, 0.5) is 9.18 Å². The van der Waals surface area contributed by atoms with E-state index in [9.17, 15) is 14.3 Å². The first-order chi connectivity index (χ1) is 10.1. The molecule has 1 amide bonds. The number of nitrogens with zero attached hydrogens (tertiary/aromatic N) is 1. The van der Waals surface area contributed by atoms with Gasteiger partial charge in [-0.1, -0.05) is 11.6 Å². The van der Waals surface area contributed by atoms with Gasteiger partial charge in [0.25, 0.3) is 0 Å². The molecular formula is C16H21ClFNO3. The van der Waals surface area contributed by atoms with Crippen molar-refractivity contribution in [2.24, 2.45) is 5.92 Å². The molecule has 0 bridgehead atoms. The van der Waals surface area contributed by atoms with Crippen molar-refractivity contribution in [3.63, 3.8) is 0 Å². The molecule has 1 aliphatic carbocycles. The Morgan fingerprint density at radius 1 is 1.50 bits per heavy atom. The third-order valence-electron chi connectivity index (χ3n) is 3.61. The number of phenols is 1. The van der Waals surface area contributed by atoms with Gasteiger partial charge in [0.15, 0.2) is 0 Å². The van der Waals surface area contributed by atoms with Gasteiger partial charge >= 0.3 is 6.09 Å². The standard InChI is InChI=1S/C16H21ClFNO3/c1-16(2,3)22-15(21)19(4)8-9-5-10(9)11-6-12(17)13(18)7-14(11)20/h6-7,9-10,20H,5,8H2,1-4H3. The van der Waals surface area contributed by atoms with Crippen LogP contribution < -0.4 is 0 Å². The summed E-state index contributed by atoms with van der Waals surface area (Å²) in [4.78, 5) is 13.4. The lowest BCUT2D eigenvalue weighted by molar-refractivity contribution is 0.0290. The summed E-state index contributed by atoms with van der Waals surface area (Å²) in [7, 11) is 1.68. The summed E-state index contributed by atoms with van der Waals surface area (Å²) in [6.45, 7) is 5.97. The van der Waals surface area contributed by atoms with Crippen molar-refractivity contribution in [1.29, 1.82) is 0 Å². The Kier molecular flexibility index (Phi) is 4.57. The number of halogens is 2. The Balaban J connectivity index is 1.96. The van der Waals surface area contributed by atoms with Crippen LogP contribution >= 0.6 is 11.6 Å². The molecule has 2 rings (SSSR count). The molecule has 1 aromatic carbocycles.